The first-order valence-corrected chi connectivity index (χ1v) is 5.72. The molecule has 0 heterocycles. The van der Waals surface area contributed by atoms with Gasteiger partial charge in [0.25, 0.3) is 0 Å². The second kappa shape index (κ2) is 4.23. The van der Waals surface area contributed by atoms with Gasteiger partial charge >= 0.3 is 0 Å². The molecule has 1 aromatic carbocycles. The van der Waals surface area contributed by atoms with Crippen molar-refractivity contribution >= 4 is 0 Å². The summed E-state index contributed by atoms with van der Waals surface area (Å²) in [6.45, 7) is 4.34. The van der Waals surface area contributed by atoms with Crippen LogP contribution in [0, 0.1) is 5.92 Å². The maximum Gasteiger partial charge on any atom is 0.120 e. The van der Waals surface area contributed by atoms with Crippen LogP contribution in [0.15, 0.2) is 24.3 Å². The van der Waals surface area contributed by atoms with Crippen LogP contribution in [0.3, 0.4) is 0 Å². The van der Waals surface area contributed by atoms with Crippen molar-refractivity contribution in [3.05, 3.63) is 29.8 Å². The van der Waals surface area contributed by atoms with Gasteiger partial charge in [0, 0.05) is 17.6 Å². The van der Waals surface area contributed by atoms with Gasteiger partial charge in [0.15, 0.2) is 0 Å². The minimum absolute atomic E-state index is 0.224. The number of hydrogen-bond donors (Lipinski definition) is 2. The third kappa shape index (κ3) is 2.51. The molecule has 0 saturated heterocycles. The molecule has 0 aliphatic heterocycles. The summed E-state index contributed by atoms with van der Waals surface area (Å²) in [4.78, 5) is 0. The Bertz CT molecular complexity index is 333. The standard InChI is InChI=1S/C13H19NO/c1-9(11-7-8-11)14-10(2)12-5-3-4-6-13(12)15/h3-6,9-11,14-15H,7-8H2,1-2H3. The topological polar surface area (TPSA) is 32.3 Å². The first-order chi connectivity index (χ1) is 7.18. The summed E-state index contributed by atoms with van der Waals surface area (Å²) in [6.07, 6.45) is 2.70. The van der Waals surface area contributed by atoms with Gasteiger partial charge in [0.1, 0.15) is 5.75 Å². The second-order valence-corrected chi connectivity index (χ2v) is 4.57. The molecule has 2 nitrogen and oxygen atoms in total. The van der Waals surface area contributed by atoms with Crippen LogP contribution in [0.25, 0.3) is 0 Å². The van der Waals surface area contributed by atoms with Gasteiger partial charge in [-0.1, -0.05) is 18.2 Å². The summed E-state index contributed by atoms with van der Waals surface area (Å²) in [7, 11) is 0. The van der Waals surface area contributed by atoms with Gasteiger partial charge in [-0.2, -0.15) is 0 Å². The predicted molar refractivity (Wildman–Crippen MR) is 61.8 cm³/mol. The van der Waals surface area contributed by atoms with Crippen LogP contribution in [-0.2, 0) is 0 Å². The molecule has 82 valence electrons. The van der Waals surface area contributed by atoms with E-state index in [1.807, 2.05) is 18.2 Å². The first-order valence-electron chi connectivity index (χ1n) is 5.72. The van der Waals surface area contributed by atoms with Crippen LogP contribution in [-0.4, -0.2) is 11.1 Å². The monoisotopic (exact) mass is 205 g/mol. The van der Waals surface area contributed by atoms with Crippen LogP contribution < -0.4 is 5.32 Å². The molecule has 0 spiro atoms. The van der Waals surface area contributed by atoms with Crippen molar-refractivity contribution in [3.63, 3.8) is 0 Å². The number of para-hydroxylation sites is 1. The van der Waals surface area contributed by atoms with Crippen molar-refractivity contribution in [1.29, 1.82) is 0 Å². The summed E-state index contributed by atoms with van der Waals surface area (Å²) < 4.78 is 0. The molecule has 2 rings (SSSR count). The fourth-order valence-electron chi connectivity index (χ4n) is 2.07. The van der Waals surface area contributed by atoms with Gasteiger partial charge in [0.05, 0.1) is 0 Å². The molecule has 0 aromatic heterocycles. The lowest BCUT2D eigenvalue weighted by Crippen LogP contribution is -2.30. The normalized spacial score (nSPS) is 19.9. The van der Waals surface area contributed by atoms with Crippen LogP contribution in [0.1, 0.15) is 38.3 Å². The molecule has 2 atom stereocenters. The molecule has 2 heteroatoms. The van der Waals surface area contributed by atoms with Crippen molar-refractivity contribution in [2.75, 3.05) is 0 Å². The summed E-state index contributed by atoms with van der Waals surface area (Å²) >= 11 is 0. The zero-order valence-electron chi connectivity index (χ0n) is 9.40. The van der Waals surface area contributed by atoms with Crippen LogP contribution in [0.4, 0.5) is 0 Å². The maximum absolute atomic E-state index is 9.71. The Morgan fingerprint density at radius 3 is 2.53 bits per heavy atom. The van der Waals surface area contributed by atoms with Crippen molar-refractivity contribution in [2.24, 2.45) is 5.92 Å². The molecule has 1 aliphatic carbocycles. The fourth-order valence-corrected chi connectivity index (χ4v) is 2.07. The number of phenolic OH excluding ortho intramolecular Hbond substituents is 1. The number of nitrogens with one attached hydrogen (secondary N) is 1. The number of hydrogen-bond acceptors (Lipinski definition) is 2. The summed E-state index contributed by atoms with van der Waals surface area (Å²) in [5.41, 5.74) is 0.991. The lowest BCUT2D eigenvalue weighted by Gasteiger charge is -2.20. The van der Waals surface area contributed by atoms with Gasteiger partial charge in [-0.3, -0.25) is 0 Å². The van der Waals surface area contributed by atoms with E-state index in [4.69, 9.17) is 0 Å². The van der Waals surface area contributed by atoms with Crippen LogP contribution in [0.2, 0.25) is 0 Å². The van der Waals surface area contributed by atoms with Crippen LogP contribution >= 0.6 is 0 Å². The van der Waals surface area contributed by atoms with Gasteiger partial charge < -0.3 is 10.4 Å². The first kappa shape index (κ1) is 10.5. The number of benzene rings is 1. The number of phenols is 1. The Kier molecular flexibility index (Phi) is 2.96. The van der Waals surface area contributed by atoms with E-state index < -0.39 is 0 Å². The highest BCUT2D eigenvalue weighted by atomic mass is 16.3. The Balaban J connectivity index is 2.00. The quantitative estimate of drug-likeness (QED) is 0.792. The summed E-state index contributed by atoms with van der Waals surface area (Å²) in [6, 6.07) is 8.33. The molecule has 0 radical (unpaired) electrons. The van der Waals surface area contributed by atoms with Crippen LogP contribution in [0.5, 0.6) is 5.75 Å². The molecule has 2 N–H and O–H groups in total. The Hall–Kier alpha value is -1.02. The molecule has 2 unspecified atom stereocenters. The SMILES string of the molecule is CC(NC(C)C1CC1)c1ccccc1O. The number of rotatable bonds is 4. The third-order valence-corrected chi connectivity index (χ3v) is 3.25. The average Bonchev–Trinajstić information content (AvgIpc) is 3.01. The molecular formula is C13H19NO. The Labute approximate surface area is 91.3 Å². The number of aromatic hydroxyl groups is 1. The molecule has 15 heavy (non-hydrogen) atoms. The second-order valence-electron chi connectivity index (χ2n) is 4.57. The van der Waals surface area contributed by atoms with Crippen molar-refractivity contribution in [3.8, 4) is 5.75 Å². The zero-order valence-corrected chi connectivity index (χ0v) is 9.40. The van der Waals surface area contributed by atoms with E-state index in [0.29, 0.717) is 11.8 Å². The lowest BCUT2D eigenvalue weighted by molar-refractivity contribution is 0.416. The Morgan fingerprint density at radius 2 is 1.93 bits per heavy atom. The molecule has 1 saturated carbocycles. The predicted octanol–water partition coefficient (Wildman–Crippen LogP) is 2.84. The highest BCUT2D eigenvalue weighted by molar-refractivity contribution is 5.34. The highest BCUT2D eigenvalue weighted by Crippen LogP contribution is 2.34. The molecule has 1 aliphatic rings. The van der Waals surface area contributed by atoms with E-state index in [1.165, 1.54) is 12.8 Å². The average molecular weight is 205 g/mol. The molecule has 0 amide bonds. The highest BCUT2D eigenvalue weighted by Gasteiger charge is 2.28. The lowest BCUT2D eigenvalue weighted by atomic mass is 10.1. The maximum atomic E-state index is 9.71. The molecule has 1 fully saturated rings. The van der Waals surface area contributed by atoms with Crippen molar-refractivity contribution in [2.45, 2.75) is 38.8 Å². The van der Waals surface area contributed by atoms with Gasteiger partial charge in [-0.15, -0.1) is 0 Å². The summed E-state index contributed by atoms with van der Waals surface area (Å²) in [5.74, 6) is 1.24. The molecule has 1 aromatic rings. The summed E-state index contributed by atoms with van der Waals surface area (Å²) in [5, 5.41) is 13.2. The largest absolute Gasteiger partial charge is 0.508 e. The van der Waals surface area contributed by atoms with E-state index >= 15 is 0 Å². The minimum Gasteiger partial charge on any atom is -0.508 e. The molecule has 0 bridgehead atoms. The zero-order chi connectivity index (χ0) is 10.8. The smallest absolute Gasteiger partial charge is 0.120 e. The third-order valence-electron chi connectivity index (χ3n) is 3.25. The van der Waals surface area contributed by atoms with Gasteiger partial charge in [0.2, 0.25) is 0 Å². The minimum atomic E-state index is 0.224. The van der Waals surface area contributed by atoms with Crippen molar-refractivity contribution in [1.82, 2.24) is 5.32 Å². The van der Waals surface area contributed by atoms with Crippen molar-refractivity contribution < 1.29 is 5.11 Å². The molecular weight excluding hydrogens is 186 g/mol. The Morgan fingerprint density at radius 1 is 1.27 bits per heavy atom. The van der Waals surface area contributed by atoms with E-state index in [2.05, 4.69) is 19.2 Å². The van der Waals surface area contributed by atoms with Gasteiger partial charge in [-0.25, -0.2) is 0 Å². The van der Waals surface area contributed by atoms with E-state index in [1.54, 1.807) is 6.07 Å². The van der Waals surface area contributed by atoms with E-state index in [-0.39, 0.29) is 6.04 Å². The van der Waals surface area contributed by atoms with Gasteiger partial charge in [-0.05, 0) is 38.7 Å². The van der Waals surface area contributed by atoms with E-state index in [9.17, 15) is 5.11 Å². The fraction of sp³-hybridized carbons (Fsp3) is 0.538. The van der Waals surface area contributed by atoms with E-state index in [0.717, 1.165) is 11.5 Å².